The molecular weight excluding hydrogens is 370 g/mol. The van der Waals surface area contributed by atoms with Gasteiger partial charge in [-0.1, -0.05) is 29.8 Å². The summed E-state index contributed by atoms with van der Waals surface area (Å²) in [5, 5.41) is 15.2. The van der Waals surface area contributed by atoms with Crippen molar-refractivity contribution < 1.29 is 9.53 Å². The highest BCUT2D eigenvalue weighted by atomic mass is 16.5. The number of aromatic amines is 1. The van der Waals surface area contributed by atoms with Gasteiger partial charge in [-0.15, -0.1) is 0 Å². The average Bonchev–Trinajstić information content (AvgIpc) is 2.70. The Hall–Kier alpha value is -3.96. The van der Waals surface area contributed by atoms with Crippen molar-refractivity contribution in [3.8, 4) is 17.3 Å². The smallest absolute Gasteiger partial charge is 0.270 e. The van der Waals surface area contributed by atoms with Crippen LogP contribution in [0, 0.1) is 18.3 Å². The van der Waals surface area contributed by atoms with Crippen LogP contribution in [0.4, 0.5) is 17.3 Å². The minimum absolute atomic E-state index is 0.0818. The van der Waals surface area contributed by atoms with Crippen LogP contribution in [0.5, 0.6) is 0 Å². The van der Waals surface area contributed by atoms with Crippen molar-refractivity contribution in [3.05, 3.63) is 70.0 Å². The molecule has 0 aliphatic heterocycles. The summed E-state index contributed by atoms with van der Waals surface area (Å²) in [5.41, 5.74) is 2.42. The molecule has 0 bridgehead atoms. The third kappa shape index (κ3) is 4.86. The number of aromatic nitrogens is 2. The Morgan fingerprint density at radius 3 is 2.66 bits per heavy atom. The van der Waals surface area contributed by atoms with E-state index >= 15 is 0 Å². The summed E-state index contributed by atoms with van der Waals surface area (Å²) in [4.78, 5) is 31.2. The lowest BCUT2D eigenvalue weighted by atomic mass is 10.1. The van der Waals surface area contributed by atoms with Crippen LogP contribution in [-0.2, 0) is 9.53 Å². The third-order valence-corrected chi connectivity index (χ3v) is 4.04. The molecular formula is C21H19N5O3. The molecule has 0 saturated heterocycles. The molecule has 29 heavy (non-hydrogen) atoms. The van der Waals surface area contributed by atoms with E-state index in [1.807, 2.05) is 37.3 Å². The number of ether oxygens (including phenoxy) is 1. The summed E-state index contributed by atoms with van der Waals surface area (Å²) in [6, 6.07) is 16.2. The molecule has 1 heterocycles. The third-order valence-electron chi connectivity index (χ3n) is 4.04. The van der Waals surface area contributed by atoms with E-state index in [2.05, 4.69) is 20.6 Å². The highest BCUT2D eigenvalue weighted by molar-refractivity contribution is 5.92. The van der Waals surface area contributed by atoms with Gasteiger partial charge < -0.3 is 15.4 Å². The van der Waals surface area contributed by atoms with Crippen molar-refractivity contribution in [1.82, 2.24) is 9.97 Å². The quantitative estimate of drug-likeness (QED) is 0.596. The zero-order chi connectivity index (χ0) is 20.8. The molecule has 0 saturated carbocycles. The minimum atomic E-state index is -0.555. The first-order chi connectivity index (χ1) is 14.0. The number of H-pyrrole nitrogens is 1. The van der Waals surface area contributed by atoms with Gasteiger partial charge in [0, 0.05) is 24.0 Å². The van der Waals surface area contributed by atoms with Crippen LogP contribution in [0.25, 0.3) is 11.3 Å². The molecule has 1 aromatic heterocycles. The summed E-state index contributed by atoms with van der Waals surface area (Å²) < 4.78 is 4.80. The largest absolute Gasteiger partial charge is 0.375 e. The number of carbonyl (C=O) groups excluding carboxylic acids is 1. The first kappa shape index (κ1) is 19.8. The van der Waals surface area contributed by atoms with E-state index in [1.54, 1.807) is 24.3 Å². The highest BCUT2D eigenvalue weighted by Gasteiger charge is 2.14. The fraction of sp³-hybridized carbons (Fsp3) is 0.143. The maximum atomic E-state index is 12.4. The minimum Gasteiger partial charge on any atom is -0.375 e. The number of anilines is 3. The van der Waals surface area contributed by atoms with Crippen molar-refractivity contribution in [2.75, 3.05) is 24.4 Å². The molecule has 0 radical (unpaired) electrons. The molecule has 8 nitrogen and oxygen atoms in total. The first-order valence-electron chi connectivity index (χ1n) is 8.77. The number of hydrogen-bond acceptors (Lipinski definition) is 6. The lowest BCUT2D eigenvalue weighted by Crippen LogP contribution is -2.17. The van der Waals surface area contributed by atoms with E-state index in [1.165, 1.54) is 7.11 Å². The molecule has 0 atom stereocenters. The van der Waals surface area contributed by atoms with Crippen molar-refractivity contribution in [3.63, 3.8) is 0 Å². The fourth-order valence-electron chi connectivity index (χ4n) is 2.69. The van der Waals surface area contributed by atoms with E-state index in [-0.39, 0.29) is 29.7 Å². The standard InChI is InChI=1S/C21H19N5O3/c1-13-6-8-15(9-7-13)24-21-25-19(17(11-22)20(28)26-21)14-4-3-5-16(10-14)23-18(27)12-29-2/h3-10H,12H2,1-2H3,(H,23,27)(H2,24,25,26,28). The van der Waals surface area contributed by atoms with Crippen LogP contribution >= 0.6 is 0 Å². The number of amides is 1. The predicted octanol–water partition coefficient (Wildman–Crippen LogP) is 2.95. The molecule has 0 aliphatic carbocycles. The fourth-order valence-corrected chi connectivity index (χ4v) is 2.69. The number of aryl methyl sites for hydroxylation is 1. The first-order valence-corrected chi connectivity index (χ1v) is 8.77. The Bertz CT molecular complexity index is 1130. The van der Waals surface area contributed by atoms with E-state index in [0.29, 0.717) is 11.3 Å². The van der Waals surface area contributed by atoms with Gasteiger partial charge in [-0.05, 0) is 31.2 Å². The molecule has 0 aliphatic rings. The molecule has 8 heteroatoms. The molecule has 3 aromatic rings. The predicted molar refractivity (Wildman–Crippen MR) is 110 cm³/mol. The zero-order valence-electron chi connectivity index (χ0n) is 15.9. The van der Waals surface area contributed by atoms with Gasteiger partial charge in [-0.25, -0.2) is 4.98 Å². The Morgan fingerprint density at radius 1 is 1.21 bits per heavy atom. The lowest BCUT2D eigenvalue weighted by molar-refractivity contribution is -0.119. The molecule has 146 valence electrons. The number of nitrogens with zero attached hydrogens (tertiary/aromatic N) is 2. The van der Waals surface area contributed by atoms with Crippen molar-refractivity contribution >= 4 is 23.2 Å². The SMILES string of the molecule is COCC(=O)Nc1cccc(-c2nc(Nc3ccc(C)cc3)[nH]c(=O)c2C#N)c1. The molecule has 1 amide bonds. The number of methoxy groups -OCH3 is 1. The highest BCUT2D eigenvalue weighted by Crippen LogP contribution is 2.24. The maximum absolute atomic E-state index is 12.4. The normalized spacial score (nSPS) is 10.2. The van der Waals surface area contributed by atoms with Crippen LogP contribution < -0.4 is 16.2 Å². The summed E-state index contributed by atoms with van der Waals surface area (Å²) in [6.07, 6.45) is 0. The van der Waals surface area contributed by atoms with Gasteiger partial charge in [0.2, 0.25) is 11.9 Å². The van der Waals surface area contributed by atoms with Crippen LogP contribution in [0.3, 0.4) is 0 Å². The summed E-state index contributed by atoms with van der Waals surface area (Å²) in [6.45, 7) is 1.89. The van der Waals surface area contributed by atoms with Crippen LogP contribution in [0.1, 0.15) is 11.1 Å². The van der Waals surface area contributed by atoms with Crippen molar-refractivity contribution in [2.24, 2.45) is 0 Å². The zero-order valence-corrected chi connectivity index (χ0v) is 15.9. The lowest BCUT2D eigenvalue weighted by Gasteiger charge is -2.10. The van der Waals surface area contributed by atoms with E-state index in [4.69, 9.17) is 4.74 Å². The van der Waals surface area contributed by atoms with Gasteiger partial charge in [0.05, 0.1) is 5.69 Å². The summed E-state index contributed by atoms with van der Waals surface area (Å²) >= 11 is 0. The Balaban J connectivity index is 1.99. The maximum Gasteiger partial charge on any atom is 0.270 e. The molecule has 0 spiro atoms. The topological polar surface area (TPSA) is 120 Å². The van der Waals surface area contributed by atoms with Crippen molar-refractivity contribution in [2.45, 2.75) is 6.92 Å². The van der Waals surface area contributed by atoms with Crippen LogP contribution in [0.2, 0.25) is 0 Å². The Kier molecular flexibility index (Phi) is 6.02. The Labute approximate surface area is 167 Å². The van der Waals surface area contributed by atoms with Crippen molar-refractivity contribution in [1.29, 1.82) is 5.26 Å². The van der Waals surface area contributed by atoms with E-state index in [9.17, 15) is 14.9 Å². The number of nitriles is 1. The van der Waals surface area contributed by atoms with Gasteiger partial charge in [0.25, 0.3) is 5.56 Å². The van der Waals surface area contributed by atoms with E-state index in [0.717, 1.165) is 11.3 Å². The number of hydrogen-bond donors (Lipinski definition) is 3. The van der Waals surface area contributed by atoms with E-state index < -0.39 is 5.56 Å². The molecule has 0 fully saturated rings. The van der Waals surface area contributed by atoms with Gasteiger partial charge in [0.1, 0.15) is 18.2 Å². The average molecular weight is 389 g/mol. The van der Waals surface area contributed by atoms with Gasteiger partial charge in [-0.3, -0.25) is 14.6 Å². The molecule has 2 aromatic carbocycles. The summed E-state index contributed by atoms with van der Waals surface area (Å²) in [7, 11) is 1.43. The molecule has 0 unspecified atom stereocenters. The second-order valence-electron chi connectivity index (χ2n) is 6.30. The number of carbonyl (C=O) groups is 1. The number of benzene rings is 2. The van der Waals surface area contributed by atoms with Gasteiger partial charge in [0.15, 0.2) is 0 Å². The summed E-state index contributed by atoms with van der Waals surface area (Å²) in [5.74, 6) is -0.104. The Morgan fingerprint density at radius 2 is 1.97 bits per heavy atom. The molecule has 3 rings (SSSR count). The van der Waals surface area contributed by atoms with Gasteiger partial charge >= 0.3 is 0 Å². The number of rotatable bonds is 6. The van der Waals surface area contributed by atoms with Crippen LogP contribution in [0.15, 0.2) is 53.3 Å². The number of nitrogens with one attached hydrogen (secondary N) is 3. The van der Waals surface area contributed by atoms with Gasteiger partial charge in [-0.2, -0.15) is 5.26 Å². The molecule has 3 N–H and O–H groups in total. The monoisotopic (exact) mass is 389 g/mol. The second kappa shape index (κ2) is 8.82. The second-order valence-corrected chi connectivity index (χ2v) is 6.30. The van der Waals surface area contributed by atoms with Crippen LogP contribution in [-0.4, -0.2) is 29.6 Å².